The van der Waals surface area contributed by atoms with E-state index >= 15 is 0 Å². The van der Waals surface area contributed by atoms with Gasteiger partial charge in [0.25, 0.3) is 5.91 Å². The predicted octanol–water partition coefficient (Wildman–Crippen LogP) is 3.92. The molecule has 1 aliphatic heterocycles. The summed E-state index contributed by atoms with van der Waals surface area (Å²) in [4.78, 5) is 24.4. The van der Waals surface area contributed by atoms with Crippen LogP contribution in [0.4, 0.5) is 5.69 Å². The van der Waals surface area contributed by atoms with Gasteiger partial charge in [-0.1, -0.05) is 35.9 Å². The van der Waals surface area contributed by atoms with Gasteiger partial charge < -0.3 is 10.1 Å². The van der Waals surface area contributed by atoms with Crippen LogP contribution in [0, 0.1) is 6.92 Å². The molecule has 0 unspecified atom stereocenters. The number of amides is 1. The third-order valence-corrected chi connectivity index (χ3v) is 7.34. The first-order valence-electron chi connectivity index (χ1n) is 10.5. The lowest BCUT2D eigenvalue weighted by Gasteiger charge is -2.28. The number of fused-ring (bicyclic) bond motifs is 1. The average Bonchev–Trinajstić information content (AvgIpc) is 2.79. The second-order valence-corrected chi connectivity index (χ2v) is 9.87. The van der Waals surface area contributed by atoms with E-state index in [1.54, 1.807) is 60.7 Å². The molecule has 7 nitrogen and oxygen atoms in total. The number of ether oxygens (including phenoxy) is 1. The number of nitrogens with zero attached hydrogens (tertiary/aromatic N) is 1. The fourth-order valence-electron chi connectivity index (χ4n) is 3.77. The van der Waals surface area contributed by atoms with Gasteiger partial charge in [-0.25, -0.2) is 8.42 Å². The third kappa shape index (κ3) is 4.97. The number of para-hydroxylation sites is 1. The summed E-state index contributed by atoms with van der Waals surface area (Å²) in [5, 5.41) is 2.82. The molecule has 1 amide bonds. The summed E-state index contributed by atoms with van der Waals surface area (Å²) < 4.78 is 32.8. The van der Waals surface area contributed by atoms with Gasteiger partial charge in [-0.15, -0.1) is 0 Å². The molecule has 1 aliphatic rings. The normalized spacial score (nSPS) is 13.8. The molecule has 4 rings (SSSR count). The molecule has 0 aliphatic carbocycles. The van der Waals surface area contributed by atoms with E-state index in [1.807, 2.05) is 13.0 Å². The summed E-state index contributed by atoms with van der Waals surface area (Å²) in [5.41, 5.74) is 3.64. The lowest BCUT2D eigenvalue weighted by atomic mass is 10.0. The highest BCUT2D eigenvalue weighted by Crippen LogP contribution is 2.28. The molecule has 3 aromatic rings. The van der Waals surface area contributed by atoms with Crippen molar-refractivity contribution >= 4 is 27.6 Å². The number of carbonyl (C=O) groups excluding carboxylic acids is 2. The van der Waals surface area contributed by atoms with Crippen LogP contribution in [0.2, 0.25) is 0 Å². The summed E-state index contributed by atoms with van der Waals surface area (Å²) >= 11 is 0. The van der Waals surface area contributed by atoms with Crippen LogP contribution in [0.3, 0.4) is 0 Å². The van der Waals surface area contributed by atoms with Gasteiger partial charge in [0.15, 0.2) is 0 Å². The second kappa shape index (κ2) is 9.17. The Hall–Kier alpha value is -3.49. The standard InChI is InChI=1S/C25H24N2O5S/c1-17-7-11-22(12-8-17)33(30,31)27-14-13-19-9-10-21(15-20(19)16-27)26-25(29)23-5-3-4-6-24(23)32-18(2)28/h3-12,15H,13-14,16H2,1-2H3,(H,26,29). The summed E-state index contributed by atoms with van der Waals surface area (Å²) in [6, 6.07) is 18.8. The second-order valence-electron chi connectivity index (χ2n) is 7.93. The number of anilines is 1. The fraction of sp³-hybridized carbons (Fsp3) is 0.200. The molecule has 0 saturated carbocycles. The Morgan fingerprint density at radius 3 is 2.42 bits per heavy atom. The Labute approximate surface area is 193 Å². The maximum absolute atomic E-state index is 13.1. The maximum atomic E-state index is 13.1. The van der Waals surface area contributed by atoms with Crippen LogP contribution in [0.25, 0.3) is 0 Å². The van der Waals surface area contributed by atoms with Crippen molar-refractivity contribution in [1.29, 1.82) is 0 Å². The number of sulfonamides is 1. The number of nitrogens with one attached hydrogen (secondary N) is 1. The fourth-order valence-corrected chi connectivity index (χ4v) is 5.19. The zero-order valence-electron chi connectivity index (χ0n) is 18.4. The van der Waals surface area contributed by atoms with Crippen molar-refractivity contribution in [3.63, 3.8) is 0 Å². The van der Waals surface area contributed by atoms with Crippen molar-refractivity contribution in [2.24, 2.45) is 0 Å². The summed E-state index contributed by atoms with van der Waals surface area (Å²) in [6.07, 6.45) is 0.587. The van der Waals surface area contributed by atoms with Gasteiger partial charge in [0.05, 0.1) is 10.5 Å². The minimum absolute atomic E-state index is 0.177. The van der Waals surface area contributed by atoms with Gasteiger partial charge in [0.2, 0.25) is 10.0 Å². The molecule has 0 saturated heterocycles. The zero-order chi connectivity index (χ0) is 23.6. The van der Waals surface area contributed by atoms with Crippen LogP contribution in [-0.2, 0) is 27.8 Å². The summed E-state index contributed by atoms with van der Waals surface area (Å²) in [6.45, 7) is 3.80. The minimum atomic E-state index is -3.62. The quantitative estimate of drug-likeness (QED) is 0.456. The number of benzene rings is 3. The Bertz CT molecular complexity index is 1320. The van der Waals surface area contributed by atoms with Crippen molar-refractivity contribution in [2.75, 3.05) is 11.9 Å². The molecule has 0 atom stereocenters. The number of hydrogen-bond donors (Lipinski definition) is 1. The van der Waals surface area contributed by atoms with E-state index in [0.29, 0.717) is 18.7 Å². The molecule has 0 aromatic heterocycles. The van der Waals surface area contributed by atoms with Crippen LogP contribution in [-0.4, -0.2) is 31.1 Å². The van der Waals surface area contributed by atoms with Crippen molar-refractivity contribution < 1.29 is 22.7 Å². The Morgan fingerprint density at radius 2 is 1.70 bits per heavy atom. The molecule has 8 heteroatoms. The van der Waals surface area contributed by atoms with Gasteiger partial charge >= 0.3 is 5.97 Å². The molecule has 0 bridgehead atoms. The van der Waals surface area contributed by atoms with Crippen molar-refractivity contribution in [2.45, 2.75) is 31.7 Å². The van der Waals surface area contributed by atoms with Gasteiger partial charge in [-0.2, -0.15) is 4.31 Å². The minimum Gasteiger partial charge on any atom is -0.426 e. The molecule has 33 heavy (non-hydrogen) atoms. The highest BCUT2D eigenvalue weighted by atomic mass is 32.2. The van der Waals surface area contributed by atoms with E-state index in [-0.39, 0.29) is 22.8 Å². The van der Waals surface area contributed by atoms with Crippen molar-refractivity contribution in [3.05, 3.63) is 89.0 Å². The largest absolute Gasteiger partial charge is 0.426 e. The van der Waals surface area contributed by atoms with Crippen molar-refractivity contribution in [1.82, 2.24) is 4.31 Å². The van der Waals surface area contributed by atoms with E-state index in [4.69, 9.17) is 4.74 Å². The lowest BCUT2D eigenvalue weighted by molar-refractivity contribution is -0.131. The van der Waals surface area contributed by atoms with E-state index in [2.05, 4.69) is 5.32 Å². The molecule has 3 aromatic carbocycles. The average molecular weight is 465 g/mol. The molecule has 170 valence electrons. The molecule has 0 fully saturated rings. The highest BCUT2D eigenvalue weighted by molar-refractivity contribution is 7.89. The molecular formula is C25H24N2O5S. The van der Waals surface area contributed by atoms with Crippen LogP contribution >= 0.6 is 0 Å². The number of esters is 1. The van der Waals surface area contributed by atoms with Gasteiger partial charge in [-0.05, 0) is 60.9 Å². The van der Waals surface area contributed by atoms with Crippen LogP contribution in [0.15, 0.2) is 71.6 Å². The zero-order valence-corrected chi connectivity index (χ0v) is 19.2. The molecular weight excluding hydrogens is 440 g/mol. The van der Waals surface area contributed by atoms with Crippen LogP contribution in [0.5, 0.6) is 5.75 Å². The highest BCUT2D eigenvalue weighted by Gasteiger charge is 2.28. The Kier molecular flexibility index (Phi) is 6.31. The number of hydrogen-bond acceptors (Lipinski definition) is 5. The molecule has 0 spiro atoms. The Balaban J connectivity index is 1.54. The topological polar surface area (TPSA) is 92.8 Å². The van der Waals surface area contributed by atoms with Gasteiger partial charge in [0, 0.05) is 25.7 Å². The predicted molar refractivity (Wildman–Crippen MR) is 125 cm³/mol. The SMILES string of the molecule is CC(=O)Oc1ccccc1C(=O)Nc1ccc2c(c1)CN(S(=O)(=O)c1ccc(C)cc1)CC2. The smallest absolute Gasteiger partial charge is 0.308 e. The third-order valence-electron chi connectivity index (χ3n) is 5.49. The lowest BCUT2D eigenvalue weighted by Crippen LogP contribution is -2.36. The van der Waals surface area contributed by atoms with Crippen molar-refractivity contribution in [3.8, 4) is 5.75 Å². The first-order valence-corrected chi connectivity index (χ1v) is 12.0. The number of carbonyl (C=O) groups is 2. The van der Waals surface area contributed by atoms with E-state index in [1.165, 1.54) is 11.2 Å². The Morgan fingerprint density at radius 1 is 0.970 bits per heavy atom. The molecule has 0 radical (unpaired) electrons. The van der Waals surface area contributed by atoms with Gasteiger partial charge in [0.1, 0.15) is 5.75 Å². The van der Waals surface area contributed by atoms with Crippen LogP contribution < -0.4 is 10.1 Å². The number of aryl methyl sites for hydroxylation is 1. The first-order chi connectivity index (χ1) is 15.7. The monoisotopic (exact) mass is 464 g/mol. The maximum Gasteiger partial charge on any atom is 0.308 e. The molecule has 1 heterocycles. The summed E-state index contributed by atoms with van der Waals surface area (Å²) in [5.74, 6) is -0.763. The molecule has 1 N–H and O–H groups in total. The van der Waals surface area contributed by atoms with E-state index in [0.717, 1.165) is 16.7 Å². The first kappa shape index (κ1) is 22.7. The van der Waals surface area contributed by atoms with E-state index in [9.17, 15) is 18.0 Å². The summed E-state index contributed by atoms with van der Waals surface area (Å²) in [7, 11) is -3.62. The van der Waals surface area contributed by atoms with Crippen LogP contribution in [0.1, 0.15) is 34.0 Å². The number of rotatable bonds is 5. The van der Waals surface area contributed by atoms with E-state index < -0.39 is 21.9 Å². The van der Waals surface area contributed by atoms with Gasteiger partial charge in [-0.3, -0.25) is 9.59 Å².